The predicted octanol–water partition coefficient (Wildman–Crippen LogP) is 5.48. The lowest BCUT2D eigenvalue weighted by Crippen LogP contribution is -2.49. The number of aryl methyl sites for hydroxylation is 1. The Labute approximate surface area is 193 Å². The summed E-state index contributed by atoms with van der Waals surface area (Å²) in [5.41, 5.74) is 3.07. The second kappa shape index (κ2) is 11.6. The SMILES string of the molecule is Cc1ccc(CN(C(=O)CSCc2ccc(Cl)cc2Cl)C(C)C(=O)NC(C)C)cc1. The third kappa shape index (κ3) is 7.53. The van der Waals surface area contributed by atoms with Crippen molar-refractivity contribution < 1.29 is 9.59 Å². The van der Waals surface area contributed by atoms with Crippen LogP contribution >= 0.6 is 35.0 Å². The van der Waals surface area contributed by atoms with Gasteiger partial charge in [0.05, 0.1) is 5.75 Å². The Balaban J connectivity index is 2.08. The van der Waals surface area contributed by atoms with Crippen molar-refractivity contribution in [1.82, 2.24) is 10.2 Å². The fourth-order valence-corrected chi connectivity index (χ4v) is 4.32. The molecule has 0 aliphatic rings. The first-order chi connectivity index (χ1) is 14.2. The molecule has 0 radical (unpaired) electrons. The molecule has 0 spiro atoms. The summed E-state index contributed by atoms with van der Waals surface area (Å²) in [6.07, 6.45) is 0. The van der Waals surface area contributed by atoms with E-state index in [0.717, 1.165) is 16.7 Å². The van der Waals surface area contributed by atoms with Gasteiger partial charge in [-0.1, -0.05) is 59.1 Å². The molecule has 2 aromatic carbocycles. The van der Waals surface area contributed by atoms with Crippen LogP contribution in [-0.2, 0) is 21.9 Å². The highest BCUT2D eigenvalue weighted by molar-refractivity contribution is 7.99. The Kier molecular flexibility index (Phi) is 9.53. The van der Waals surface area contributed by atoms with E-state index in [9.17, 15) is 9.59 Å². The number of halogens is 2. The first-order valence-corrected chi connectivity index (χ1v) is 11.8. The number of hydrogen-bond donors (Lipinski definition) is 1. The maximum absolute atomic E-state index is 13.0. The second-order valence-corrected chi connectivity index (χ2v) is 9.40. The summed E-state index contributed by atoms with van der Waals surface area (Å²) in [6, 6.07) is 12.8. The number of hydrogen-bond acceptors (Lipinski definition) is 3. The molecule has 1 N–H and O–H groups in total. The van der Waals surface area contributed by atoms with E-state index in [4.69, 9.17) is 23.2 Å². The van der Waals surface area contributed by atoms with Crippen LogP contribution in [-0.4, -0.2) is 34.6 Å². The molecule has 0 aliphatic heterocycles. The first-order valence-electron chi connectivity index (χ1n) is 9.84. The smallest absolute Gasteiger partial charge is 0.242 e. The molecule has 0 saturated carbocycles. The topological polar surface area (TPSA) is 49.4 Å². The zero-order chi connectivity index (χ0) is 22.3. The van der Waals surface area contributed by atoms with Crippen LogP contribution in [0.15, 0.2) is 42.5 Å². The first kappa shape index (κ1) is 24.6. The molecular formula is C23H28Cl2N2O2S. The number of amides is 2. The maximum Gasteiger partial charge on any atom is 0.242 e. The average Bonchev–Trinajstić information content (AvgIpc) is 2.68. The Hall–Kier alpha value is -1.69. The predicted molar refractivity (Wildman–Crippen MR) is 127 cm³/mol. The van der Waals surface area contributed by atoms with Crippen LogP contribution < -0.4 is 5.32 Å². The normalized spacial score (nSPS) is 12.0. The lowest BCUT2D eigenvalue weighted by atomic mass is 10.1. The minimum Gasteiger partial charge on any atom is -0.352 e. The standard InChI is InChI=1S/C23H28Cl2N2O2S/c1-15(2)26-23(29)17(4)27(12-18-7-5-16(3)6-8-18)22(28)14-30-13-19-9-10-20(24)11-21(19)25/h5-11,15,17H,12-14H2,1-4H3,(H,26,29). The van der Waals surface area contributed by atoms with Gasteiger partial charge in [0.15, 0.2) is 0 Å². The van der Waals surface area contributed by atoms with Crippen molar-refractivity contribution in [3.05, 3.63) is 69.2 Å². The van der Waals surface area contributed by atoms with Crippen molar-refractivity contribution in [3.63, 3.8) is 0 Å². The van der Waals surface area contributed by atoms with Crippen LogP contribution in [0.3, 0.4) is 0 Å². The molecule has 0 aromatic heterocycles. The monoisotopic (exact) mass is 466 g/mol. The van der Waals surface area contributed by atoms with Gasteiger partial charge in [-0.25, -0.2) is 0 Å². The van der Waals surface area contributed by atoms with Gasteiger partial charge in [-0.2, -0.15) is 0 Å². The van der Waals surface area contributed by atoms with E-state index in [-0.39, 0.29) is 23.6 Å². The van der Waals surface area contributed by atoms with Crippen molar-refractivity contribution in [1.29, 1.82) is 0 Å². The van der Waals surface area contributed by atoms with Crippen molar-refractivity contribution in [2.24, 2.45) is 0 Å². The number of nitrogens with one attached hydrogen (secondary N) is 1. The maximum atomic E-state index is 13.0. The van der Waals surface area contributed by atoms with E-state index in [0.29, 0.717) is 22.3 Å². The van der Waals surface area contributed by atoms with E-state index >= 15 is 0 Å². The summed E-state index contributed by atoms with van der Waals surface area (Å²) >= 11 is 13.6. The van der Waals surface area contributed by atoms with Crippen molar-refractivity contribution >= 4 is 46.8 Å². The molecule has 0 fully saturated rings. The molecule has 1 atom stereocenters. The molecule has 2 amide bonds. The molecule has 30 heavy (non-hydrogen) atoms. The number of rotatable bonds is 9. The third-order valence-corrected chi connectivity index (χ3v) is 6.12. The Morgan fingerprint density at radius 1 is 1.07 bits per heavy atom. The molecule has 4 nitrogen and oxygen atoms in total. The zero-order valence-corrected chi connectivity index (χ0v) is 20.1. The van der Waals surface area contributed by atoms with Crippen LogP contribution in [0, 0.1) is 6.92 Å². The fraction of sp³-hybridized carbons (Fsp3) is 0.391. The van der Waals surface area contributed by atoms with Gasteiger partial charge in [0.25, 0.3) is 0 Å². The summed E-state index contributed by atoms with van der Waals surface area (Å²) in [4.78, 5) is 27.3. The highest BCUT2D eigenvalue weighted by Crippen LogP contribution is 2.25. The van der Waals surface area contributed by atoms with Gasteiger partial charge in [-0.15, -0.1) is 11.8 Å². The molecule has 2 rings (SSSR count). The summed E-state index contributed by atoms with van der Waals surface area (Å²) in [7, 11) is 0. The number of nitrogens with zero attached hydrogens (tertiary/aromatic N) is 1. The van der Waals surface area contributed by atoms with E-state index in [1.807, 2.05) is 51.1 Å². The second-order valence-electron chi connectivity index (χ2n) is 7.58. The molecule has 0 saturated heterocycles. The van der Waals surface area contributed by atoms with E-state index in [2.05, 4.69) is 5.32 Å². The molecule has 0 heterocycles. The molecule has 2 aromatic rings. The average molecular weight is 467 g/mol. The van der Waals surface area contributed by atoms with Gasteiger partial charge in [-0.3, -0.25) is 9.59 Å². The minimum absolute atomic E-state index is 0.0118. The number of thioether (sulfide) groups is 1. The van der Waals surface area contributed by atoms with Gasteiger partial charge in [0.1, 0.15) is 6.04 Å². The van der Waals surface area contributed by atoms with Gasteiger partial charge < -0.3 is 10.2 Å². The highest BCUT2D eigenvalue weighted by atomic mass is 35.5. The van der Waals surface area contributed by atoms with E-state index in [1.165, 1.54) is 11.8 Å². The van der Waals surface area contributed by atoms with Crippen LogP contribution in [0.2, 0.25) is 10.0 Å². The molecule has 162 valence electrons. The van der Waals surface area contributed by atoms with Gasteiger partial charge in [-0.05, 0) is 51.0 Å². The van der Waals surface area contributed by atoms with Gasteiger partial charge >= 0.3 is 0 Å². The molecule has 0 bridgehead atoms. The van der Waals surface area contributed by atoms with Crippen molar-refractivity contribution in [2.45, 2.75) is 52.1 Å². The summed E-state index contributed by atoms with van der Waals surface area (Å²) in [5, 5.41) is 4.07. The van der Waals surface area contributed by atoms with Gasteiger partial charge in [0, 0.05) is 28.4 Å². The summed E-state index contributed by atoms with van der Waals surface area (Å²) in [6.45, 7) is 7.98. The van der Waals surface area contributed by atoms with Crippen LogP contribution in [0.5, 0.6) is 0 Å². The Morgan fingerprint density at radius 2 is 1.73 bits per heavy atom. The zero-order valence-electron chi connectivity index (χ0n) is 17.7. The number of benzene rings is 2. The largest absolute Gasteiger partial charge is 0.352 e. The Morgan fingerprint density at radius 3 is 2.33 bits per heavy atom. The van der Waals surface area contributed by atoms with Crippen LogP contribution in [0.25, 0.3) is 0 Å². The minimum atomic E-state index is -0.569. The molecule has 7 heteroatoms. The number of carbonyl (C=O) groups is 2. The van der Waals surface area contributed by atoms with E-state index in [1.54, 1.807) is 24.0 Å². The quantitative estimate of drug-likeness (QED) is 0.532. The lowest BCUT2D eigenvalue weighted by molar-refractivity contribution is -0.138. The highest BCUT2D eigenvalue weighted by Gasteiger charge is 2.26. The fourth-order valence-electron chi connectivity index (χ4n) is 2.85. The lowest BCUT2D eigenvalue weighted by Gasteiger charge is -2.29. The van der Waals surface area contributed by atoms with Gasteiger partial charge in [0.2, 0.25) is 11.8 Å². The van der Waals surface area contributed by atoms with Crippen LogP contribution in [0.1, 0.15) is 37.5 Å². The molecule has 1 unspecified atom stereocenters. The van der Waals surface area contributed by atoms with Crippen molar-refractivity contribution in [2.75, 3.05) is 5.75 Å². The van der Waals surface area contributed by atoms with Crippen LogP contribution in [0.4, 0.5) is 0 Å². The van der Waals surface area contributed by atoms with Crippen molar-refractivity contribution in [3.8, 4) is 0 Å². The summed E-state index contributed by atoms with van der Waals surface area (Å²) in [5.74, 6) is 0.602. The molecular weight excluding hydrogens is 439 g/mol. The third-order valence-electron chi connectivity index (χ3n) is 4.57. The number of carbonyl (C=O) groups excluding carboxylic acids is 2. The Bertz CT molecular complexity index is 872. The molecule has 0 aliphatic carbocycles. The summed E-state index contributed by atoms with van der Waals surface area (Å²) < 4.78 is 0. The van der Waals surface area contributed by atoms with E-state index < -0.39 is 6.04 Å².